The molecule has 9 heteroatoms. The molecule has 1 saturated heterocycles. The van der Waals surface area contributed by atoms with E-state index >= 15 is 0 Å². The lowest BCUT2D eigenvalue weighted by Crippen LogP contribution is -2.30. The van der Waals surface area contributed by atoms with Crippen molar-refractivity contribution < 1.29 is 39.2 Å². The largest absolute Gasteiger partial charge is 0.507 e. The number of hydrogen-bond acceptors (Lipinski definition) is 9. The van der Waals surface area contributed by atoms with E-state index in [2.05, 4.69) is 9.99 Å². The highest BCUT2D eigenvalue weighted by Gasteiger charge is 2.48. The van der Waals surface area contributed by atoms with E-state index < -0.39 is 36.5 Å². The number of epoxide rings is 1. The SMILES string of the molecule is CO/N=C/C=C/C(=O)/C=C/CC1CC(O)[C@@H]2O[C@@H]2C(O)/C=C/c2cccc(O)c2C(=O)O1. The molecule has 2 aliphatic heterocycles. The molecule has 3 rings (SSSR count). The molecule has 0 amide bonds. The number of oxime groups is 1. The van der Waals surface area contributed by atoms with Gasteiger partial charge in [0.2, 0.25) is 0 Å². The molecule has 2 heterocycles. The minimum absolute atomic E-state index is 0.0289. The van der Waals surface area contributed by atoms with Gasteiger partial charge in [0.1, 0.15) is 42.8 Å². The maximum Gasteiger partial charge on any atom is 0.342 e. The number of hydrogen-bond donors (Lipinski definition) is 3. The second kappa shape index (κ2) is 10.9. The number of benzene rings is 1. The van der Waals surface area contributed by atoms with Gasteiger partial charge in [-0.05, 0) is 29.9 Å². The van der Waals surface area contributed by atoms with Crippen molar-refractivity contribution in [3.8, 4) is 5.75 Å². The Kier molecular flexibility index (Phi) is 7.93. The van der Waals surface area contributed by atoms with Gasteiger partial charge in [0.05, 0.1) is 12.3 Å². The van der Waals surface area contributed by atoms with E-state index in [4.69, 9.17) is 9.47 Å². The Labute approximate surface area is 184 Å². The van der Waals surface area contributed by atoms with Gasteiger partial charge >= 0.3 is 5.97 Å². The summed E-state index contributed by atoms with van der Waals surface area (Å²) in [5, 5.41) is 34.4. The van der Waals surface area contributed by atoms with Crippen molar-refractivity contribution in [2.24, 2.45) is 5.16 Å². The predicted molar refractivity (Wildman–Crippen MR) is 115 cm³/mol. The number of fused-ring (bicyclic) bond motifs is 2. The van der Waals surface area contributed by atoms with Crippen molar-refractivity contribution in [3.63, 3.8) is 0 Å². The number of phenols is 1. The molecule has 5 atom stereocenters. The third-order valence-corrected chi connectivity index (χ3v) is 5.00. The molecule has 0 spiro atoms. The van der Waals surface area contributed by atoms with Crippen LogP contribution in [0.1, 0.15) is 28.8 Å². The molecule has 170 valence electrons. The molecule has 3 N–H and O–H groups in total. The number of rotatable bonds is 6. The zero-order valence-corrected chi connectivity index (χ0v) is 17.4. The van der Waals surface area contributed by atoms with Gasteiger partial charge in [-0.15, -0.1) is 0 Å². The average Bonchev–Trinajstić information content (AvgIpc) is 3.55. The summed E-state index contributed by atoms with van der Waals surface area (Å²) in [6.07, 6.45) is 6.04. The summed E-state index contributed by atoms with van der Waals surface area (Å²) in [5.74, 6) is -1.36. The lowest BCUT2D eigenvalue weighted by atomic mass is 9.99. The molecule has 2 aliphatic rings. The molecule has 0 aromatic heterocycles. The van der Waals surface area contributed by atoms with Crippen molar-refractivity contribution in [1.82, 2.24) is 0 Å². The monoisotopic (exact) mass is 443 g/mol. The summed E-state index contributed by atoms with van der Waals surface area (Å²) >= 11 is 0. The number of aromatic hydroxyl groups is 1. The normalized spacial score (nSPS) is 29.1. The van der Waals surface area contributed by atoms with E-state index in [1.165, 1.54) is 55.8 Å². The van der Waals surface area contributed by atoms with E-state index in [0.29, 0.717) is 5.56 Å². The first kappa shape index (κ1) is 23.4. The molecule has 0 saturated carbocycles. The number of esters is 1. The Morgan fingerprint density at radius 1 is 1.28 bits per heavy atom. The topological polar surface area (TPSA) is 138 Å². The van der Waals surface area contributed by atoms with Crippen LogP contribution < -0.4 is 0 Å². The molecule has 0 radical (unpaired) electrons. The summed E-state index contributed by atoms with van der Waals surface area (Å²) in [7, 11) is 1.38. The van der Waals surface area contributed by atoms with Gasteiger partial charge in [-0.2, -0.15) is 0 Å². The van der Waals surface area contributed by atoms with E-state index in [1.54, 1.807) is 12.1 Å². The first-order valence-corrected chi connectivity index (χ1v) is 10.1. The van der Waals surface area contributed by atoms with Gasteiger partial charge < -0.3 is 29.6 Å². The second-order valence-electron chi connectivity index (χ2n) is 7.32. The number of carbonyl (C=O) groups is 2. The Bertz CT molecular complexity index is 951. The van der Waals surface area contributed by atoms with Crippen LogP contribution in [0.5, 0.6) is 5.75 Å². The molecule has 1 aromatic rings. The van der Waals surface area contributed by atoms with Gasteiger partial charge in [-0.1, -0.05) is 35.5 Å². The Morgan fingerprint density at radius 3 is 2.88 bits per heavy atom. The first-order chi connectivity index (χ1) is 15.4. The van der Waals surface area contributed by atoms with Crippen LogP contribution in [-0.4, -0.2) is 70.9 Å². The van der Waals surface area contributed by atoms with Gasteiger partial charge in [0, 0.05) is 12.8 Å². The van der Waals surface area contributed by atoms with Gasteiger partial charge in [-0.3, -0.25) is 4.79 Å². The number of ketones is 1. The van der Waals surface area contributed by atoms with Crippen LogP contribution in [0.4, 0.5) is 0 Å². The van der Waals surface area contributed by atoms with E-state index in [1.807, 2.05) is 0 Å². The molecule has 0 aliphatic carbocycles. The van der Waals surface area contributed by atoms with Crippen molar-refractivity contribution in [3.05, 3.63) is 59.7 Å². The number of ether oxygens (including phenoxy) is 2. The van der Waals surface area contributed by atoms with Crippen LogP contribution in [-0.2, 0) is 19.1 Å². The van der Waals surface area contributed by atoms with Crippen molar-refractivity contribution >= 4 is 24.0 Å². The maximum atomic E-state index is 12.8. The molecule has 1 aromatic carbocycles. The quantitative estimate of drug-likeness (QED) is 0.198. The molecule has 0 bridgehead atoms. The van der Waals surface area contributed by atoms with Crippen molar-refractivity contribution in [1.29, 1.82) is 0 Å². The molecular weight excluding hydrogens is 418 g/mol. The minimum Gasteiger partial charge on any atom is -0.507 e. The second-order valence-corrected chi connectivity index (χ2v) is 7.32. The highest BCUT2D eigenvalue weighted by Crippen LogP contribution is 2.33. The van der Waals surface area contributed by atoms with Crippen LogP contribution in [0.3, 0.4) is 0 Å². The third-order valence-electron chi connectivity index (χ3n) is 5.00. The van der Waals surface area contributed by atoms with Gasteiger partial charge in [-0.25, -0.2) is 4.79 Å². The van der Waals surface area contributed by atoms with Crippen LogP contribution in [0.25, 0.3) is 6.08 Å². The summed E-state index contributed by atoms with van der Waals surface area (Å²) < 4.78 is 11.0. The third kappa shape index (κ3) is 6.13. The highest BCUT2D eigenvalue weighted by atomic mass is 16.6. The lowest BCUT2D eigenvalue weighted by Gasteiger charge is -2.20. The number of aliphatic hydroxyl groups is 2. The van der Waals surface area contributed by atoms with Crippen LogP contribution in [0.2, 0.25) is 0 Å². The fraction of sp³-hybridized carbons (Fsp3) is 0.348. The fourth-order valence-corrected chi connectivity index (χ4v) is 3.38. The standard InChI is InChI=1S/C23H25NO8/c1-30-24-12-4-7-15(25)6-3-8-16-13-19(28)22-21(32-22)18(27)11-10-14-5-2-9-17(26)20(14)23(29)31-16/h2-7,9-12,16,18-19,21-22,26-28H,8,13H2,1H3/b6-3+,7-4+,11-10+,24-12+/t16?,18?,19?,21-,22+/m1/s1. The molecule has 9 nitrogen and oxygen atoms in total. The number of cyclic esters (lactones) is 1. The number of allylic oxidation sites excluding steroid dienone is 3. The Morgan fingerprint density at radius 2 is 2.09 bits per heavy atom. The summed E-state index contributed by atoms with van der Waals surface area (Å²) in [6.45, 7) is 0. The molecule has 32 heavy (non-hydrogen) atoms. The number of nitrogens with zero attached hydrogens (tertiary/aromatic N) is 1. The van der Waals surface area contributed by atoms with Gasteiger partial charge in [0.25, 0.3) is 0 Å². The zero-order chi connectivity index (χ0) is 23.1. The maximum absolute atomic E-state index is 12.8. The van der Waals surface area contributed by atoms with Crippen molar-refractivity contribution in [2.75, 3.05) is 7.11 Å². The lowest BCUT2D eigenvalue weighted by molar-refractivity contribution is -0.110. The number of phenolic OH excluding ortho intramolecular Hbond substituents is 1. The molecular formula is C23H25NO8. The van der Waals surface area contributed by atoms with E-state index in [-0.39, 0.29) is 29.9 Å². The summed E-state index contributed by atoms with van der Waals surface area (Å²) in [4.78, 5) is 29.2. The summed E-state index contributed by atoms with van der Waals surface area (Å²) in [6, 6.07) is 4.54. The van der Waals surface area contributed by atoms with E-state index in [9.17, 15) is 24.9 Å². The van der Waals surface area contributed by atoms with Gasteiger partial charge in [0.15, 0.2) is 5.78 Å². The predicted octanol–water partition coefficient (Wildman–Crippen LogP) is 1.53. The Hall–Kier alpha value is -3.27. The van der Waals surface area contributed by atoms with Crippen molar-refractivity contribution in [2.45, 2.75) is 43.4 Å². The zero-order valence-electron chi connectivity index (χ0n) is 17.4. The van der Waals surface area contributed by atoms with Crippen LogP contribution in [0.15, 0.2) is 53.7 Å². The number of carbonyl (C=O) groups excluding carboxylic acids is 2. The summed E-state index contributed by atoms with van der Waals surface area (Å²) in [5.41, 5.74) is 0.324. The highest BCUT2D eigenvalue weighted by molar-refractivity contribution is 6.01. The first-order valence-electron chi connectivity index (χ1n) is 10.1. The minimum atomic E-state index is -0.988. The van der Waals surface area contributed by atoms with Crippen LogP contribution >= 0.6 is 0 Å². The molecule has 3 unspecified atom stereocenters. The Balaban J connectivity index is 1.78. The van der Waals surface area contributed by atoms with E-state index in [0.717, 1.165) is 0 Å². The smallest absolute Gasteiger partial charge is 0.342 e. The average molecular weight is 443 g/mol. The fourth-order valence-electron chi connectivity index (χ4n) is 3.38. The molecule has 1 fully saturated rings. The van der Waals surface area contributed by atoms with Crippen LogP contribution in [0, 0.1) is 0 Å². The number of aliphatic hydroxyl groups excluding tert-OH is 2.